The number of carbonyl (C=O) groups is 1. The summed E-state index contributed by atoms with van der Waals surface area (Å²) in [7, 11) is 0. The molecule has 0 radical (unpaired) electrons. The third-order valence-electron chi connectivity index (χ3n) is 2.60. The smallest absolute Gasteiger partial charge is 0.183 e. The van der Waals surface area contributed by atoms with E-state index in [1.807, 2.05) is 24.6 Å². The van der Waals surface area contributed by atoms with E-state index in [4.69, 9.17) is 0 Å². The minimum absolute atomic E-state index is 0.0535. The molecule has 5 nitrogen and oxygen atoms in total. The van der Waals surface area contributed by atoms with Crippen LogP contribution in [-0.4, -0.2) is 24.9 Å². The van der Waals surface area contributed by atoms with Gasteiger partial charge in [0.1, 0.15) is 10.7 Å². The molecular weight excluding hydrogens is 236 g/mol. The topological polar surface area (TPSA) is 60.7 Å². The SMILES string of the molecule is CCc1nnsc1C(=O)Cc1nccn1CC. The highest BCUT2D eigenvalue weighted by Crippen LogP contribution is 2.14. The molecule has 0 aliphatic heterocycles. The van der Waals surface area contributed by atoms with Crippen molar-refractivity contribution in [3.8, 4) is 0 Å². The van der Waals surface area contributed by atoms with Crippen LogP contribution in [-0.2, 0) is 19.4 Å². The van der Waals surface area contributed by atoms with Crippen molar-refractivity contribution in [2.24, 2.45) is 0 Å². The van der Waals surface area contributed by atoms with Crippen LogP contribution in [0.5, 0.6) is 0 Å². The lowest BCUT2D eigenvalue weighted by Gasteiger charge is -2.03. The maximum absolute atomic E-state index is 12.1. The minimum atomic E-state index is 0.0535. The second kappa shape index (κ2) is 5.18. The largest absolute Gasteiger partial charge is 0.335 e. The maximum atomic E-state index is 12.1. The molecule has 0 aliphatic rings. The van der Waals surface area contributed by atoms with Crippen molar-refractivity contribution in [2.75, 3.05) is 0 Å². The van der Waals surface area contributed by atoms with Crippen LogP contribution in [0.3, 0.4) is 0 Å². The number of hydrogen-bond donors (Lipinski definition) is 0. The van der Waals surface area contributed by atoms with Crippen molar-refractivity contribution in [2.45, 2.75) is 33.2 Å². The van der Waals surface area contributed by atoms with Crippen LogP contribution in [0.25, 0.3) is 0 Å². The summed E-state index contributed by atoms with van der Waals surface area (Å²) in [5, 5.41) is 3.95. The second-order valence-corrected chi connectivity index (χ2v) is 4.39. The number of ketones is 1. The van der Waals surface area contributed by atoms with Crippen molar-refractivity contribution >= 4 is 17.3 Å². The van der Waals surface area contributed by atoms with Crippen LogP contribution < -0.4 is 0 Å². The summed E-state index contributed by atoms with van der Waals surface area (Å²) in [5.74, 6) is 0.853. The Kier molecular flexibility index (Phi) is 3.63. The molecule has 2 rings (SSSR count). The highest BCUT2D eigenvalue weighted by Gasteiger charge is 2.17. The lowest BCUT2D eigenvalue weighted by molar-refractivity contribution is 0.0992. The van der Waals surface area contributed by atoms with Gasteiger partial charge in [-0.15, -0.1) is 5.10 Å². The van der Waals surface area contributed by atoms with E-state index in [0.29, 0.717) is 11.3 Å². The third kappa shape index (κ3) is 2.41. The van der Waals surface area contributed by atoms with Gasteiger partial charge in [0.05, 0.1) is 12.1 Å². The summed E-state index contributed by atoms with van der Waals surface area (Å²) in [4.78, 5) is 17.0. The summed E-state index contributed by atoms with van der Waals surface area (Å²) < 4.78 is 5.80. The first-order valence-electron chi connectivity index (χ1n) is 5.60. The first-order chi connectivity index (χ1) is 8.26. The van der Waals surface area contributed by atoms with Crippen molar-refractivity contribution < 1.29 is 4.79 Å². The number of aromatic nitrogens is 4. The zero-order valence-corrected chi connectivity index (χ0v) is 10.7. The molecule has 0 aliphatic carbocycles. The number of Topliss-reactive ketones (excluding diaryl/α,β-unsaturated/α-hetero) is 1. The average molecular weight is 250 g/mol. The van der Waals surface area contributed by atoms with Crippen molar-refractivity contribution in [1.82, 2.24) is 19.1 Å². The highest BCUT2D eigenvalue weighted by atomic mass is 32.1. The molecular formula is C11H14N4OS. The van der Waals surface area contributed by atoms with Crippen molar-refractivity contribution in [3.63, 3.8) is 0 Å². The summed E-state index contributed by atoms with van der Waals surface area (Å²) in [5.41, 5.74) is 0.787. The molecule has 2 heterocycles. The second-order valence-electron chi connectivity index (χ2n) is 3.63. The molecule has 2 aromatic rings. The van der Waals surface area contributed by atoms with E-state index in [2.05, 4.69) is 14.6 Å². The molecule has 0 saturated carbocycles. The van der Waals surface area contributed by atoms with E-state index in [1.54, 1.807) is 6.20 Å². The molecule has 0 saturated heterocycles. The average Bonchev–Trinajstić information content (AvgIpc) is 2.96. The zero-order chi connectivity index (χ0) is 12.3. The van der Waals surface area contributed by atoms with Gasteiger partial charge in [-0.05, 0) is 24.9 Å². The normalized spacial score (nSPS) is 10.7. The molecule has 0 fully saturated rings. The van der Waals surface area contributed by atoms with Crippen molar-refractivity contribution in [1.29, 1.82) is 0 Å². The lowest BCUT2D eigenvalue weighted by atomic mass is 10.2. The van der Waals surface area contributed by atoms with E-state index in [0.717, 1.165) is 24.5 Å². The molecule has 0 atom stereocenters. The Hall–Kier alpha value is -1.56. The van der Waals surface area contributed by atoms with E-state index < -0.39 is 0 Å². The number of hydrogen-bond acceptors (Lipinski definition) is 5. The van der Waals surface area contributed by atoms with Gasteiger partial charge in [-0.25, -0.2) is 4.98 Å². The molecule has 0 N–H and O–H groups in total. The number of nitrogens with zero attached hydrogens (tertiary/aromatic N) is 4. The summed E-state index contributed by atoms with van der Waals surface area (Å²) in [6.07, 6.45) is 4.66. The standard InChI is InChI=1S/C11H14N4OS/c1-3-8-11(17-14-13-8)9(16)7-10-12-5-6-15(10)4-2/h5-6H,3-4,7H2,1-2H3. The first-order valence-corrected chi connectivity index (χ1v) is 6.38. The molecule has 0 unspecified atom stereocenters. The van der Waals surface area contributed by atoms with Gasteiger partial charge in [-0.1, -0.05) is 11.4 Å². The number of rotatable bonds is 5. The first kappa shape index (κ1) is 11.9. The molecule has 90 valence electrons. The van der Waals surface area contributed by atoms with Crippen LogP contribution in [0.4, 0.5) is 0 Å². The van der Waals surface area contributed by atoms with Crippen LogP contribution in [0.15, 0.2) is 12.4 Å². The maximum Gasteiger partial charge on any atom is 0.183 e. The predicted octanol–water partition coefficient (Wildman–Crippen LogP) is 1.74. The number of aryl methyl sites for hydroxylation is 2. The van der Waals surface area contributed by atoms with Gasteiger partial charge in [0.25, 0.3) is 0 Å². The molecule has 17 heavy (non-hydrogen) atoms. The van der Waals surface area contributed by atoms with E-state index >= 15 is 0 Å². The van der Waals surface area contributed by atoms with Gasteiger partial charge in [0, 0.05) is 18.9 Å². The van der Waals surface area contributed by atoms with Crippen LogP contribution in [0.2, 0.25) is 0 Å². The van der Waals surface area contributed by atoms with E-state index in [1.165, 1.54) is 11.5 Å². The Morgan fingerprint density at radius 3 is 3.00 bits per heavy atom. The Labute approximate surface area is 104 Å². The minimum Gasteiger partial charge on any atom is -0.335 e. The van der Waals surface area contributed by atoms with Gasteiger partial charge in [-0.2, -0.15) is 0 Å². The van der Waals surface area contributed by atoms with E-state index in [9.17, 15) is 4.79 Å². The van der Waals surface area contributed by atoms with Gasteiger partial charge in [-0.3, -0.25) is 4.79 Å². The Balaban J connectivity index is 2.17. The van der Waals surface area contributed by atoms with Gasteiger partial charge >= 0.3 is 0 Å². The van der Waals surface area contributed by atoms with Gasteiger partial charge in [0.2, 0.25) is 0 Å². The fourth-order valence-electron chi connectivity index (χ4n) is 1.67. The predicted molar refractivity (Wildman–Crippen MR) is 65.2 cm³/mol. The van der Waals surface area contributed by atoms with Gasteiger partial charge < -0.3 is 4.57 Å². The summed E-state index contributed by atoms with van der Waals surface area (Å²) in [6, 6.07) is 0. The monoisotopic (exact) mass is 250 g/mol. The van der Waals surface area contributed by atoms with Crippen molar-refractivity contribution in [3.05, 3.63) is 28.8 Å². The van der Waals surface area contributed by atoms with Crippen LogP contribution >= 0.6 is 11.5 Å². The fourth-order valence-corrected chi connectivity index (χ4v) is 2.36. The number of carbonyl (C=O) groups excluding carboxylic acids is 1. The molecule has 0 bridgehead atoms. The summed E-state index contributed by atoms with van der Waals surface area (Å²) in [6.45, 7) is 4.83. The molecule has 2 aromatic heterocycles. The Morgan fingerprint density at radius 2 is 2.29 bits per heavy atom. The highest BCUT2D eigenvalue weighted by molar-refractivity contribution is 7.08. The molecule has 6 heteroatoms. The number of imidazole rings is 1. The Bertz CT molecular complexity index is 517. The summed E-state index contributed by atoms with van der Waals surface area (Å²) >= 11 is 1.17. The zero-order valence-electron chi connectivity index (χ0n) is 9.88. The third-order valence-corrected chi connectivity index (χ3v) is 3.41. The van der Waals surface area contributed by atoms with Crippen LogP contribution in [0.1, 0.15) is 35.0 Å². The van der Waals surface area contributed by atoms with Gasteiger partial charge in [0.15, 0.2) is 5.78 Å². The Morgan fingerprint density at radius 1 is 1.47 bits per heavy atom. The van der Waals surface area contributed by atoms with Crippen LogP contribution in [0, 0.1) is 0 Å². The van der Waals surface area contributed by atoms with E-state index in [-0.39, 0.29) is 5.78 Å². The molecule has 0 amide bonds. The quantitative estimate of drug-likeness (QED) is 0.758. The lowest BCUT2D eigenvalue weighted by Crippen LogP contribution is -2.10. The fraction of sp³-hybridized carbons (Fsp3) is 0.455. The molecule has 0 aromatic carbocycles. The molecule has 0 spiro atoms.